The van der Waals surface area contributed by atoms with Crippen LogP contribution in [0.5, 0.6) is 11.5 Å². The molecule has 0 amide bonds. The first-order chi connectivity index (χ1) is 18.6. The number of hydrogen-bond acceptors (Lipinski definition) is 4. The second-order valence-electron chi connectivity index (χ2n) is 9.23. The van der Waals surface area contributed by atoms with Gasteiger partial charge in [0.2, 0.25) is 0 Å². The molecule has 0 atom stereocenters. The molecule has 6 nitrogen and oxygen atoms in total. The van der Waals surface area contributed by atoms with Crippen molar-refractivity contribution >= 4 is 0 Å². The Balaban J connectivity index is 1.19. The standard InChI is InChI=1S/C32H26N4O2/c37-31-13-3-1-11-27(31)29-15-17-35(33-29)21-23-7-5-9-25(19-23)26-10-6-8-24(20-26)22-36-18-16-30(34-36)28-12-2-4-14-32(28)38/h1-20,37-38H,21-22H2. The Morgan fingerprint density at radius 3 is 1.39 bits per heavy atom. The van der Waals surface area contributed by atoms with Crippen LogP contribution in [0, 0.1) is 0 Å². The van der Waals surface area contributed by atoms with E-state index in [1.807, 2.05) is 58.2 Å². The molecule has 186 valence electrons. The van der Waals surface area contributed by atoms with Gasteiger partial charge >= 0.3 is 0 Å². The second-order valence-corrected chi connectivity index (χ2v) is 9.23. The zero-order valence-corrected chi connectivity index (χ0v) is 20.6. The zero-order valence-electron chi connectivity index (χ0n) is 20.6. The van der Waals surface area contributed by atoms with Gasteiger partial charge in [-0.25, -0.2) is 0 Å². The number of phenols is 2. The van der Waals surface area contributed by atoms with Crippen molar-refractivity contribution < 1.29 is 10.2 Å². The van der Waals surface area contributed by atoms with Gasteiger partial charge in [-0.1, -0.05) is 60.7 Å². The van der Waals surface area contributed by atoms with Gasteiger partial charge in [0.05, 0.1) is 24.5 Å². The minimum atomic E-state index is 0.226. The molecule has 6 aromatic rings. The molecule has 2 N–H and O–H groups in total. The fraction of sp³-hybridized carbons (Fsp3) is 0.0625. The predicted octanol–water partition coefficient (Wildman–Crippen LogP) is 6.59. The molecule has 0 aliphatic carbocycles. The van der Waals surface area contributed by atoms with E-state index in [0.717, 1.165) is 44.8 Å². The van der Waals surface area contributed by atoms with Crippen LogP contribution in [-0.4, -0.2) is 29.8 Å². The van der Waals surface area contributed by atoms with Crippen LogP contribution in [0.25, 0.3) is 33.6 Å². The van der Waals surface area contributed by atoms with Crippen molar-refractivity contribution in [2.75, 3.05) is 0 Å². The molecule has 0 bridgehead atoms. The Labute approximate surface area is 220 Å². The summed E-state index contributed by atoms with van der Waals surface area (Å²) in [4.78, 5) is 0. The third-order valence-electron chi connectivity index (χ3n) is 6.52. The quantitative estimate of drug-likeness (QED) is 0.260. The average molecular weight is 499 g/mol. The number of aromatic hydroxyl groups is 2. The molecule has 2 aromatic heterocycles. The van der Waals surface area contributed by atoms with Crippen LogP contribution < -0.4 is 0 Å². The van der Waals surface area contributed by atoms with Gasteiger partial charge < -0.3 is 10.2 Å². The molecule has 0 spiro atoms. The largest absolute Gasteiger partial charge is 0.507 e. The van der Waals surface area contributed by atoms with Gasteiger partial charge in [0, 0.05) is 23.5 Å². The van der Waals surface area contributed by atoms with Gasteiger partial charge in [-0.15, -0.1) is 0 Å². The highest BCUT2D eigenvalue weighted by molar-refractivity contribution is 5.67. The Morgan fingerprint density at radius 1 is 0.500 bits per heavy atom. The molecule has 0 saturated heterocycles. The number of rotatable bonds is 7. The van der Waals surface area contributed by atoms with Gasteiger partial charge in [-0.3, -0.25) is 9.36 Å². The van der Waals surface area contributed by atoms with Crippen LogP contribution in [0.2, 0.25) is 0 Å². The lowest BCUT2D eigenvalue weighted by atomic mass is 10.0. The summed E-state index contributed by atoms with van der Waals surface area (Å²) < 4.78 is 3.77. The number of aromatic nitrogens is 4. The smallest absolute Gasteiger partial charge is 0.125 e. The molecular weight excluding hydrogens is 472 g/mol. The van der Waals surface area contributed by atoms with E-state index in [1.54, 1.807) is 24.3 Å². The summed E-state index contributed by atoms with van der Waals surface area (Å²) in [5.41, 5.74) is 7.48. The number of benzene rings is 4. The summed E-state index contributed by atoms with van der Waals surface area (Å²) in [6.07, 6.45) is 3.87. The van der Waals surface area contributed by atoms with Gasteiger partial charge in [0.1, 0.15) is 11.5 Å². The molecule has 0 fully saturated rings. The Kier molecular flexibility index (Phi) is 6.20. The Hall–Kier alpha value is -5.10. The molecule has 6 rings (SSSR count). The summed E-state index contributed by atoms with van der Waals surface area (Å²) in [6, 6.07) is 35.2. The first kappa shape index (κ1) is 23.3. The highest BCUT2D eigenvalue weighted by atomic mass is 16.3. The predicted molar refractivity (Wildman–Crippen MR) is 149 cm³/mol. The Bertz CT molecular complexity index is 1590. The van der Waals surface area contributed by atoms with E-state index >= 15 is 0 Å². The molecular formula is C32H26N4O2. The molecule has 0 aliphatic rings. The highest BCUT2D eigenvalue weighted by Gasteiger charge is 2.09. The van der Waals surface area contributed by atoms with Crippen LogP contribution in [0.3, 0.4) is 0 Å². The van der Waals surface area contributed by atoms with E-state index in [-0.39, 0.29) is 11.5 Å². The van der Waals surface area contributed by atoms with Crippen molar-refractivity contribution in [1.82, 2.24) is 19.6 Å². The van der Waals surface area contributed by atoms with Crippen LogP contribution in [-0.2, 0) is 13.1 Å². The lowest BCUT2D eigenvalue weighted by Gasteiger charge is -2.09. The van der Waals surface area contributed by atoms with Gasteiger partial charge in [-0.05, 0) is 70.8 Å². The first-order valence-corrected chi connectivity index (χ1v) is 12.4. The van der Waals surface area contributed by atoms with Crippen molar-refractivity contribution in [2.45, 2.75) is 13.1 Å². The molecule has 0 unspecified atom stereocenters. The van der Waals surface area contributed by atoms with Crippen molar-refractivity contribution in [1.29, 1.82) is 0 Å². The fourth-order valence-electron chi connectivity index (χ4n) is 4.64. The van der Waals surface area contributed by atoms with Gasteiger partial charge in [0.25, 0.3) is 0 Å². The van der Waals surface area contributed by atoms with Crippen molar-refractivity contribution in [3.63, 3.8) is 0 Å². The van der Waals surface area contributed by atoms with E-state index in [1.165, 1.54) is 0 Å². The van der Waals surface area contributed by atoms with Crippen LogP contribution >= 0.6 is 0 Å². The average Bonchev–Trinajstić information content (AvgIpc) is 3.59. The van der Waals surface area contributed by atoms with E-state index in [2.05, 4.69) is 58.7 Å². The summed E-state index contributed by atoms with van der Waals surface area (Å²) in [6.45, 7) is 1.26. The molecule has 0 aliphatic heterocycles. The SMILES string of the molecule is Oc1ccccc1-c1ccn(Cc2cccc(-c3cccc(Cn4ccc(-c5ccccc5O)n4)c3)c2)n1. The maximum absolute atomic E-state index is 10.1. The highest BCUT2D eigenvalue weighted by Crippen LogP contribution is 2.29. The number of phenolic OH excluding ortho intramolecular Hbond substituents is 2. The van der Waals surface area contributed by atoms with Gasteiger partial charge in [0.15, 0.2) is 0 Å². The normalized spacial score (nSPS) is 11.1. The summed E-state index contributed by atoms with van der Waals surface area (Å²) in [5, 5.41) is 29.6. The van der Waals surface area contributed by atoms with Crippen LogP contribution in [0.15, 0.2) is 122 Å². The maximum Gasteiger partial charge on any atom is 0.125 e. The van der Waals surface area contributed by atoms with Crippen molar-refractivity contribution in [2.24, 2.45) is 0 Å². The molecule has 38 heavy (non-hydrogen) atoms. The number of nitrogens with zero attached hydrogens (tertiary/aromatic N) is 4. The number of para-hydroxylation sites is 2. The van der Waals surface area contributed by atoms with Gasteiger partial charge in [-0.2, -0.15) is 10.2 Å². The van der Waals surface area contributed by atoms with E-state index < -0.39 is 0 Å². The summed E-state index contributed by atoms with van der Waals surface area (Å²) >= 11 is 0. The third-order valence-corrected chi connectivity index (χ3v) is 6.52. The minimum absolute atomic E-state index is 0.226. The Morgan fingerprint density at radius 2 is 0.947 bits per heavy atom. The van der Waals surface area contributed by atoms with E-state index in [9.17, 15) is 10.2 Å². The van der Waals surface area contributed by atoms with Crippen LogP contribution in [0.4, 0.5) is 0 Å². The molecule has 0 saturated carbocycles. The second kappa shape index (κ2) is 10.1. The molecule has 4 aromatic carbocycles. The van der Waals surface area contributed by atoms with Crippen molar-refractivity contribution in [3.05, 3.63) is 133 Å². The van der Waals surface area contributed by atoms with E-state index in [0.29, 0.717) is 13.1 Å². The first-order valence-electron chi connectivity index (χ1n) is 12.4. The topological polar surface area (TPSA) is 76.1 Å². The molecule has 0 radical (unpaired) electrons. The zero-order chi connectivity index (χ0) is 25.9. The van der Waals surface area contributed by atoms with E-state index in [4.69, 9.17) is 0 Å². The minimum Gasteiger partial charge on any atom is -0.507 e. The van der Waals surface area contributed by atoms with Crippen LogP contribution in [0.1, 0.15) is 11.1 Å². The maximum atomic E-state index is 10.1. The summed E-state index contributed by atoms with van der Waals surface area (Å²) in [5.74, 6) is 0.452. The van der Waals surface area contributed by atoms with Crippen molar-refractivity contribution in [3.8, 4) is 45.1 Å². The molecule has 6 heteroatoms. The lowest BCUT2D eigenvalue weighted by Crippen LogP contribution is -2.01. The third kappa shape index (κ3) is 4.92. The molecule has 2 heterocycles. The summed E-state index contributed by atoms with van der Waals surface area (Å²) in [7, 11) is 0. The number of hydrogen-bond donors (Lipinski definition) is 2. The monoisotopic (exact) mass is 498 g/mol. The fourth-order valence-corrected chi connectivity index (χ4v) is 4.64. The lowest BCUT2D eigenvalue weighted by molar-refractivity contribution is 0.476.